The minimum absolute atomic E-state index is 0. The molecule has 8 aromatic carbocycles. The predicted molar refractivity (Wildman–Crippen MR) is 257 cm³/mol. The minimum Gasteiger partial charge on any atom is -0.358 e. The summed E-state index contributed by atoms with van der Waals surface area (Å²) < 4.78 is 0. The standard InChI is InChI=1S/C27H27PSi2.C23H19Si.2CH3.Fe/c1-3-24-25(4-2)27(20-26(24)28-29)30(21-14-8-5-9-15-21,22-16-10-6-11-17-22)23-18-12-7-13-19-23;1-4-12-20(13-5-1)24(23-18-10-11-19-23,21-14-6-2-7-15-21)22-16-8-3-9-17-22;;;/h5-20,28H,3-4H2,1-2H3;1-19H;2*1H3;/q4*-1;+4. The van der Waals surface area contributed by atoms with Crippen molar-refractivity contribution in [1.82, 2.24) is 0 Å². The van der Waals surface area contributed by atoms with Gasteiger partial charge in [0, 0.05) is 0 Å². The van der Waals surface area contributed by atoms with Crippen molar-refractivity contribution in [3.63, 3.8) is 0 Å². The molecule has 0 saturated carbocycles. The third-order valence-corrected chi connectivity index (χ3v) is 22.1. The molecular formula is C52H52FePSi3. The quantitative estimate of drug-likeness (QED) is 0.0572. The van der Waals surface area contributed by atoms with Crippen molar-refractivity contribution in [2.24, 2.45) is 0 Å². The second kappa shape index (κ2) is 21.4. The van der Waals surface area contributed by atoms with Crippen molar-refractivity contribution >= 4 is 81.0 Å². The molecule has 0 fully saturated rings. The molecule has 0 aliphatic rings. The van der Waals surface area contributed by atoms with Gasteiger partial charge in [0.1, 0.15) is 8.07 Å². The molecule has 0 bridgehead atoms. The number of rotatable bonds is 11. The molecule has 8 aromatic rings. The smallest absolute Gasteiger partial charge is 0.358 e. The van der Waals surface area contributed by atoms with Crippen molar-refractivity contribution in [2.45, 2.75) is 26.7 Å². The Balaban J connectivity index is 0.000000245. The van der Waals surface area contributed by atoms with Crippen molar-refractivity contribution < 1.29 is 17.1 Å². The Morgan fingerprint density at radius 2 is 0.825 bits per heavy atom. The van der Waals surface area contributed by atoms with Crippen LogP contribution in [0.25, 0.3) is 0 Å². The van der Waals surface area contributed by atoms with Gasteiger partial charge in [0.2, 0.25) is 0 Å². The molecule has 57 heavy (non-hydrogen) atoms. The molecule has 0 aliphatic heterocycles. The van der Waals surface area contributed by atoms with Crippen LogP contribution in [0.5, 0.6) is 0 Å². The van der Waals surface area contributed by atoms with Crippen LogP contribution in [0.3, 0.4) is 0 Å². The van der Waals surface area contributed by atoms with Crippen LogP contribution < -0.4 is 46.8 Å². The van der Waals surface area contributed by atoms with Gasteiger partial charge < -0.3 is 14.9 Å². The SMILES string of the molecule is CCc1c([Si](c2ccccc2)(c2ccccc2)c2ccccc2)cc(P[Si])[c-]1CC.[CH3-].[CH3-].[Fe+4].c1ccc([Si](c2ccccc2)(c2ccccc2)c2ccc[cH-]2)cc1. The summed E-state index contributed by atoms with van der Waals surface area (Å²) >= 11 is 0. The average molecular weight is 848 g/mol. The summed E-state index contributed by atoms with van der Waals surface area (Å²) in [4.78, 5) is 0. The number of hydrogen-bond acceptors (Lipinski definition) is 0. The monoisotopic (exact) mass is 847 g/mol. The third-order valence-electron chi connectivity index (χ3n) is 10.9. The molecule has 0 N–H and O–H groups in total. The van der Waals surface area contributed by atoms with Crippen LogP contribution in [0.2, 0.25) is 0 Å². The van der Waals surface area contributed by atoms with Gasteiger partial charge in [-0.1, -0.05) is 224 Å². The molecule has 0 spiro atoms. The first-order chi connectivity index (χ1) is 26.7. The molecular weight excluding hydrogens is 796 g/mol. The minimum atomic E-state index is -2.43. The topological polar surface area (TPSA) is 0 Å². The molecule has 285 valence electrons. The van der Waals surface area contributed by atoms with Crippen LogP contribution in [0.4, 0.5) is 0 Å². The van der Waals surface area contributed by atoms with Crippen LogP contribution in [-0.2, 0) is 29.9 Å². The van der Waals surface area contributed by atoms with Crippen LogP contribution >= 0.6 is 8.13 Å². The molecule has 8 rings (SSSR count). The van der Waals surface area contributed by atoms with Crippen molar-refractivity contribution in [3.8, 4) is 0 Å². The van der Waals surface area contributed by atoms with Crippen LogP contribution in [-0.4, -0.2) is 26.1 Å². The zero-order valence-corrected chi connectivity index (χ0v) is 38.6. The van der Waals surface area contributed by atoms with E-state index in [9.17, 15) is 0 Å². The van der Waals surface area contributed by atoms with E-state index in [1.165, 1.54) is 41.6 Å². The maximum atomic E-state index is 3.86. The zero-order valence-electron chi connectivity index (χ0n) is 33.5. The second-order valence-corrected chi connectivity index (χ2v) is 22.7. The zero-order chi connectivity index (χ0) is 37.2. The summed E-state index contributed by atoms with van der Waals surface area (Å²) in [6, 6.07) is 78.1. The fraction of sp³-hybridized carbons (Fsp3) is 0.0769. The van der Waals surface area contributed by atoms with E-state index in [0.717, 1.165) is 12.8 Å². The van der Waals surface area contributed by atoms with Gasteiger partial charge in [-0.15, -0.1) is 19.0 Å². The van der Waals surface area contributed by atoms with Crippen molar-refractivity contribution in [3.05, 3.63) is 238 Å². The average Bonchev–Trinajstić information content (AvgIpc) is 3.93. The van der Waals surface area contributed by atoms with Crippen LogP contribution in [0, 0.1) is 14.9 Å². The van der Waals surface area contributed by atoms with Gasteiger partial charge in [-0.05, 0) is 15.6 Å². The molecule has 5 heteroatoms. The van der Waals surface area contributed by atoms with Gasteiger partial charge in [0.15, 0.2) is 8.07 Å². The molecule has 3 radical (unpaired) electrons. The number of benzene rings is 6. The van der Waals surface area contributed by atoms with E-state index in [2.05, 4.69) is 236 Å². The van der Waals surface area contributed by atoms with Gasteiger partial charge in [-0.2, -0.15) is 28.1 Å². The third kappa shape index (κ3) is 8.74. The van der Waals surface area contributed by atoms with E-state index in [-0.39, 0.29) is 31.9 Å². The van der Waals surface area contributed by atoms with Crippen molar-refractivity contribution in [1.29, 1.82) is 0 Å². The first-order valence-electron chi connectivity index (χ1n) is 19.0. The molecule has 0 heterocycles. The van der Waals surface area contributed by atoms with Crippen molar-refractivity contribution in [2.75, 3.05) is 0 Å². The van der Waals surface area contributed by atoms with Gasteiger partial charge in [-0.25, -0.2) is 18.2 Å². The molecule has 1 unspecified atom stereocenters. The summed E-state index contributed by atoms with van der Waals surface area (Å²) in [6.07, 6.45) is 2.15. The Morgan fingerprint density at radius 1 is 0.491 bits per heavy atom. The Kier molecular flexibility index (Phi) is 17.0. The Bertz CT molecular complexity index is 2120. The van der Waals surface area contributed by atoms with E-state index in [4.69, 9.17) is 0 Å². The van der Waals surface area contributed by atoms with Gasteiger partial charge in [-0.3, -0.25) is 0 Å². The summed E-state index contributed by atoms with van der Waals surface area (Å²) in [7, 11) is -0.178. The first kappa shape index (κ1) is 45.3. The van der Waals surface area contributed by atoms with Gasteiger partial charge in [0.25, 0.3) is 0 Å². The number of hydrogen-bond donors (Lipinski definition) is 0. The largest absolute Gasteiger partial charge is 4.00 e. The van der Waals surface area contributed by atoms with E-state index >= 15 is 0 Å². The van der Waals surface area contributed by atoms with E-state index < -0.39 is 16.1 Å². The molecule has 0 aliphatic carbocycles. The molecule has 0 nitrogen and oxygen atoms in total. The normalized spacial score (nSPS) is 11.1. The maximum absolute atomic E-state index is 3.86. The van der Waals surface area contributed by atoms with E-state index in [1.807, 2.05) is 0 Å². The molecule has 0 amide bonds. The Morgan fingerprint density at radius 3 is 1.09 bits per heavy atom. The maximum Gasteiger partial charge on any atom is 4.00 e. The summed E-state index contributed by atoms with van der Waals surface area (Å²) in [5.41, 5.74) is 3.10. The fourth-order valence-corrected chi connectivity index (χ4v) is 20.0. The second-order valence-electron chi connectivity index (χ2n) is 13.6. The van der Waals surface area contributed by atoms with E-state index in [0.29, 0.717) is 8.13 Å². The van der Waals surface area contributed by atoms with E-state index in [1.54, 1.807) is 16.3 Å². The van der Waals surface area contributed by atoms with Crippen LogP contribution in [0.1, 0.15) is 25.0 Å². The summed E-state index contributed by atoms with van der Waals surface area (Å²) in [5.74, 6) is 0. The Labute approximate surface area is 360 Å². The summed E-state index contributed by atoms with van der Waals surface area (Å²) in [5, 5.41) is 13.1. The molecule has 1 atom stereocenters. The van der Waals surface area contributed by atoms with Gasteiger partial charge in [0.05, 0.1) is 9.91 Å². The van der Waals surface area contributed by atoms with Gasteiger partial charge >= 0.3 is 17.1 Å². The first-order valence-corrected chi connectivity index (χ1v) is 25.5. The predicted octanol–water partition coefficient (Wildman–Crippen LogP) is 6.98. The summed E-state index contributed by atoms with van der Waals surface area (Å²) in [6.45, 7) is 4.61. The fourth-order valence-electron chi connectivity index (χ4n) is 8.62. The molecule has 0 aromatic heterocycles. The molecule has 0 saturated heterocycles. The van der Waals surface area contributed by atoms with Crippen LogP contribution in [0.15, 0.2) is 212 Å². The Hall–Kier alpha value is -4.38.